The Balaban J connectivity index is 0.000000141. The minimum Gasteiger partial charge on any atom is -0.497 e. The maximum atomic E-state index is 13.8. The number of hydrogen-bond donors (Lipinski definition) is 3. The molecular formula is C87H102F7N15O5. The number of benzene rings is 5. The summed E-state index contributed by atoms with van der Waals surface area (Å²) in [5.74, 6) is 1.13. The van der Waals surface area contributed by atoms with Crippen molar-refractivity contribution in [2.24, 2.45) is 0 Å². The number of likely N-dealkylation sites (N-methyl/N-ethyl adjacent to an activating group) is 5. The SMILES string of the molecule is CC(Cn1c2cc(=O)ccc2c2cc[nH]c(C(F)(F)F)c21)N(C)C.COc1ccc2c3ccnc(C(F)(F)F)c3n(CC(C)N(C)C)c2c1.COc1ccc2c3ccnc(C)c3n(CC(C)N(C)C)c2c1.Cc1[nH]c(F)cc2c3ccc(=O)cc3n(CC(C)N(C)C)c12.Cc1[nH]ccc2c3ccc(=O)cc3n(CC(C)N(C)C)c12. The monoisotopic (exact) mass is 1570 g/mol. The van der Waals surface area contributed by atoms with Crippen LogP contribution < -0.4 is 25.8 Å². The number of halogens is 7. The lowest BCUT2D eigenvalue weighted by Crippen LogP contribution is -2.29. The fourth-order valence-corrected chi connectivity index (χ4v) is 14.6. The van der Waals surface area contributed by atoms with E-state index in [4.69, 9.17) is 9.47 Å². The van der Waals surface area contributed by atoms with Crippen LogP contribution in [0.3, 0.4) is 0 Å². The summed E-state index contributed by atoms with van der Waals surface area (Å²) >= 11 is 0. The van der Waals surface area contributed by atoms with E-state index in [-0.39, 0.29) is 45.4 Å². The molecule has 5 aromatic carbocycles. The molecule has 15 aromatic rings. The molecule has 15 rings (SSSR count). The van der Waals surface area contributed by atoms with Gasteiger partial charge in [0.15, 0.2) is 27.9 Å². The number of ether oxygens (including phenoxy) is 2. The molecule has 114 heavy (non-hydrogen) atoms. The van der Waals surface area contributed by atoms with Crippen molar-refractivity contribution in [3.63, 3.8) is 0 Å². The van der Waals surface area contributed by atoms with Gasteiger partial charge in [0.05, 0.1) is 75.1 Å². The van der Waals surface area contributed by atoms with E-state index in [0.717, 1.165) is 80.6 Å². The van der Waals surface area contributed by atoms with Crippen molar-refractivity contribution in [3.05, 3.63) is 211 Å². The molecule has 5 atom stereocenters. The van der Waals surface area contributed by atoms with E-state index >= 15 is 0 Å². The number of alkyl halides is 6. The molecule has 3 N–H and O–H groups in total. The van der Waals surface area contributed by atoms with Gasteiger partial charge in [0, 0.05) is 189 Å². The van der Waals surface area contributed by atoms with Crippen LogP contribution in [0.4, 0.5) is 30.7 Å². The predicted octanol–water partition coefficient (Wildman–Crippen LogP) is 16.7. The summed E-state index contributed by atoms with van der Waals surface area (Å²) in [6, 6.07) is 36.4. The topological polar surface area (TPSA) is 184 Å². The molecule has 604 valence electrons. The van der Waals surface area contributed by atoms with E-state index in [2.05, 4.69) is 140 Å². The Labute approximate surface area is 656 Å². The maximum absolute atomic E-state index is 13.8. The molecule has 0 aliphatic carbocycles. The van der Waals surface area contributed by atoms with Crippen molar-refractivity contribution < 1.29 is 40.2 Å². The second-order valence-corrected chi connectivity index (χ2v) is 30.7. The molecule has 0 radical (unpaired) electrons. The highest BCUT2D eigenvalue weighted by molar-refractivity contribution is 6.12. The largest absolute Gasteiger partial charge is 0.497 e. The number of aromatic amines is 3. The molecule has 0 spiro atoms. The summed E-state index contributed by atoms with van der Waals surface area (Å²) in [6.45, 7) is 19.8. The van der Waals surface area contributed by atoms with Crippen LogP contribution >= 0.6 is 0 Å². The molecule has 10 aromatic heterocycles. The number of rotatable bonds is 17. The van der Waals surface area contributed by atoms with Crippen LogP contribution in [0, 0.1) is 26.7 Å². The average Bonchev–Trinajstić information content (AvgIpc) is 1.60. The molecule has 0 bridgehead atoms. The number of aryl methyl sites for hydroxylation is 3. The van der Waals surface area contributed by atoms with Gasteiger partial charge in [-0.15, -0.1) is 0 Å². The van der Waals surface area contributed by atoms with E-state index < -0.39 is 23.7 Å². The van der Waals surface area contributed by atoms with Gasteiger partial charge in [0.1, 0.15) is 17.2 Å². The number of nitrogens with one attached hydrogen (secondary N) is 3. The lowest BCUT2D eigenvalue weighted by Gasteiger charge is -2.22. The third kappa shape index (κ3) is 17.3. The first kappa shape index (κ1) is 84.1. The minimum absolute atomic E-state index is 0.000368. The van der Waals surface area contributed by atoms with Crippen LogP contribution in [-0.2, 0) is 45.1 Å². The zero-order valence-electron chi connectivity index (χ0n) is 68.3. The lowest BCUT2D eigenvalue weighted by atomic mass is 10.1. The van der Waals surface area contributed by atoms with Crippen molar-refractivity contribution in [3.8, 4) is 11.5 Å². The normalized spacial score (nSPS) is 13.5. The number of H-pyrrole nitrogens is 3. The number of fused-ring (bicyclic) bond motifs is 15. The smallest absolute Gasteiger partial charge is 0.435 e. The highest BCUT2D eigenvalue weighted by Gasteiger charge is 2.38. The summed E-state index contributed by atoms with van der Waals surface area (Å²) in [5, 5.41) is 9.06. The van der Waals surface area contributed by atoms with Gasteiger partial charge in [0.25, 0.3) is 0 Å². The molecule has 0 saturated heterocycles. The van der Waals surface area contributed by atoms with Crippen molar-refractivity contribution in [2.75, 3.05) is 84.7 Å². The number of hydrogen-bond acceptors (Lipinski definition) is 12. The fraction of sp³-hybridized carbons (Fsp3) is 0.368. The first-order valence-electron chi connectivity index (χ1n) is 37.7. The third-order valence-electron chi connectivity index (χ3n) is 22.1. The van der Waals surface area contributed by atoms with E-state index in [0.29, 0.717) is 64.2 Å². The van der Waals surface area contributed by atoms with Gasteiger partial charge in [-0.1, -0.05) is 0 Å². The second-order valence-electron chi connectivity index (χ2n) is 30.7. The first-order valence-corrected chi connectivity index (χ1v) is 37.7. The minimum atomic E-state index is -4.52. The molecule has 0 saturated carbocycles. The summed E-state index contributed by atoms with van der Waals surface area (Å²) in [5.41, 5.74) is 9.01. The van der Waals surface area contributed by atoms with Crippen LogP contribution in [0.2, 0.25) is 0 Å². The number of methoxy groups -OCH3 is 2. The van der Waals surface area contributed by atoms with Crippen molar-refractivity contribution >= 4 is 109 Å². The second kappa shape index (κ2) is 34.1. The van der Waals surface area contributed by atoms with Crippen molar-refractivity contribution in [1.82, 2.24) is 72.3 Å². The summed E-state index contributed by atoms with van der Waals surface area (Å²) in [6.07, 6.45) is -2.67. The quantitative estimate of drug-likeness (QED) is 0.0580. The van der Waals surface area contributed by atoms with Crippen molar-refractivity contribution in [1.29, 1.82) is 0 Å². The standard InChI is InChI=1S/C18H20F3N3O.C18H23N3O.C17H18F3N3O.C17H20FN3O.C17H21N3O/c1-11(23(2)3)10-24-15-9-12(25-4)5-6-13(15)14-7-8-22-17(16(14)24)18(19,20)21;1-12(20(3)4)11-21-17-10-14(22-5)6-7-15(17)16-8-9-19-13(2)18(16)21;1-10(22(2)3)9-23-14-8-11(24)4-5-12(14)13-6-7-21-16(15(13)23)17(18,19)20;1-10(20(3)4)9-21-15-7-12(22)5-6-13(15)14-8-16(18)19-11(2)17(14)21;1-11(19(3)4)10-20-16-9-13(21)5-6-14(16)15-7-8-18-12(2)17(15)20/h5-9,11H,10H2,1-4H3;6-10,12H,11H2,1-5H3;4-8,10,21H,9H2,1-3H3;5-8,10,19H,9H2,1-4H3;5-9,11,18H,10H2,1-4H3. The molecule has 0 aliphatic rings. The van der Waals surface area contributed by atoms with Gasteiger partial charge < -0.3 is 71.8 Å². The Morgan fingerprint density at radius 1 is 0.377 bits per heavy atom. The van der Waals surface area contributed by atoms with E-state index in [9.17, 15) is 45.1 Å². The number of pyridine rings is 5. The molecule has 10 heterocycles. The van der Waals surface area contributed by atoms with Gasteiger partial charge >= 0.3 is 12.4 Å². The van der Waals surface area contributed by atoms with Crippen molar-refractivity contribution in [2.45, 2.75) is 131 Å². The van der Waals surface area contributed by atoms with Crippen LogP contribution in [0.1, 0.15) is 63.1 Å². The zero-order valence-corrected chi connectivity index (χ0v) is 68.3. The van der Waals surface area contributed by atoms with Crippen LogP contribution in [-0.4, -0.2) is 187 Å². The average molecular weight is 1570 g/mol. The molecule has 0 fully saturated rings. The highest BCUT2D eigenvalue weighted by atomic mass is 19.4. The Bertz CT molecular complexity index is 6190. The van der Waals surface area contributed by atoms with E-state index in [1.807, 2.05) is 97.4 Å². The Morgan fingerprint density at radius 3 is 1.11 bits per heavy atom. The molecule has 0 amide bonds. The van der Waals surface area contributed by atoms with Gasteiger partial charge in [-0.25, -0.2) is 4.98 Å². The maximum Gasteiger partial charge on any atom is 0.435 e. The lowest BCUT2D eigenvalue weighted by molar-refractivity contribution is -0.140. The zero-order chi connectivity index (χ0) is 83.0. The van der Waals surface area contributed by atoms with E-state index in [1.54, 1.807) is 84.0 Å². The summed E-state index contributed by atoms with van der Waals surface area (Å²) in [7, 11) is 23.2. The Kier molecular flexibility index (Phi) is 25.1. The molecule has 0 aliphatic heterocycles. The highest BCUT2D eigenvalue weighted by Crippen LogP contribution is 2.42. The molecular weight excluding hydrogens is 1470 g/mol. The van der Waals surface area contributed by atoms with Gasteiger partial charge in [-0.3, -0.25) is 19.4 Å². The molecule has 20 nitrogen and oxygen atoms in total. The van der Waals surface area contributed by atoms with Gasteiger partial charge in [0.2, 0.25) is 0 Å². The Hall–Kier alpha value is -10.8. The molecule has 27 heteroatoms. The number of aromatic nitrogens is 10. The van der Waals surface area contributed by atoms with Gasteiger partial charge in [-0.05, 0) is 211 Å². The third-order valence-corrected chi connectivity index (χ3v) is 22.1. The molecule has 5 unspecified atom stereocenters. The van der Waals surface area contributed by atoms with Crippen LogP contribution in [0.25, 0.3) is 109 Å². The Morgan fingerprint density at radius 2 is 0.711 bits per heavy atom. The van der Waals surface area contributed by atoms with Gasteiger partial charge in [-0.2, -0.15) is 30.7 Å². The number of nitrogens with zero attached hydrogens (tertiary/aromatic N) is 12. The summed E-state index contributed by atoms with van der Waals surface area (Å²) in [4.78, 5) is 62.3. The predicted molar refractivity (Wildman–Crippen MR) is 448 cm³/mol. The van der Waals surface area contributed by atoms with Crippen LogP contribution in [0.15, 0.2) is 160 Å². The first-order chi connectivity index (χ1) is 53.8. The summed E-state index contributed by atoms with van der Waals surface area (Å²) < 4.78 is 116. The van der Waals surface area contributed by atoms with Crippen LogP contribution in [0.5, 0.6) is 11.5 Å². The van der Waals surface area contributed by atoms with E-state index in [1.165, 1.54) is 69.4 Å². The fourth-order valence-electron chi connectivity index (χ4n) is 14.6.